The van der Waals surface area contributed by atoms with E-state index >= 15 is 0 Å². The van der Waals surface area contributed by atoms with Gasteiger partial charge in [0, 0.05) is 17.4 Å². The number of nitrogens with one attached hydrogen (secondary N) is 1. The quantitative estimate of drug-likeness (QED) is 0.572. The molecule has 3 heteroatoms. The fourth-order valence-corrected chi connectivity index (χ4v) is 1.37. The predicted molar refractivity (Wildman–Crippen MR) is 61.0 cm³/mol. The van der Waals surface area contributed by atoms with Crippen LogP contribution in [0.4, 0.5) is 5.69 Å². The van der Waals surface area contributed by atoms with E-state index in [1.807, 2.05) is 30.3 Å². The number of nitrogens with two attached hydrogens (primary N) is 1. The van der Waals surface area contributed by atoms with Crippen LogP contribution < -0.4 is 5.73 Å². The minimum Gasteiger partial charge on any atom is -0.398 e. The van der Waals surface area contributed by atoms with Crippen LogP contribution >= 0.6 is 0 Å². The zero-order valence-electron chi connectivity index (χ0n) is 8.14. The zero-order valence-corrected chi connectivity index (χ0v) is 8.14. The highest BCUT2D eigenvalue weighted by Crippen LogP contribution is 2.14. The summed E-state index contributed by atoms with van der Waals surface area (Å²) in [5.74, 6) is 0. The Hall–Kier alpha value is -2.16. The molecule has 15 heavy (non-hydrogen) atoms. The number of nitrogen functional groups attached to an aromatic ring is 1. The molecule has 0 radical (unpaired) electrons. The third-order valence-corrected chi connectivity index (χ3v) is 2.15. The summed E-state index contributed by atoms with van der Waals surface area (Å²) in [6.45, 7) is 0. The molecule has 2 rings (SSSR count). The summed E-state index contributed by atoms with van der Waals surface area (Å²) in [4.78, 5) is 4.12. The van der Waals surface area contributed by atoms with E-state index in [4.69, 9.17) is 11.1 Å². The van der Waals surface area contributed by atoms with Gasteiger partial charge in [0.1, 0.15) is 0 Å². The van der Waals surface area contributed by atoms with E-state index in [1.165, 1.54) is 0 Å². The SMILES string of the molecule is N=C(c1ccccn1)c1ccccc1N. The molecule has 0 fully saturated rings. The van der Waals surface area contributed by atoms with Crippen molar-refractivity contribution in [2.24, 2.45) is 0 Å². The van der Waals surface area contributed by atoms with Crippen LogP contribution in [0.5, 0.6) is 0 Å². The number of pyridine rings is 1. The molecular formula is C12H11N3. The van der Waals surface area contributed by atoms with Gasteiger partial charge in [-0.3, -0.25) is 10.4 Å². The van der Waals surface area contributed by atoms with Crippen LogP contribution in [0.3, 0.4) is 0 Å². The topological polar surface area (TPSA) is 62.8 Å². The Morgan fingerprint density at radius 1 is 1.07 bits per heavy atom. The average molecular weight is 197 g/mol. The van der Waals surface area contributed by atoms with E-state index in [2.05, 4.69) is 4.98 Å². The van der Waals surface area contributed by atoms with Gasteiger partial charge < -0.3 is 5.73 Å². The number of para-hydroxylation sites is 1. The smallest absolute Gasteiger partial charge is 0.0889 e. The van der Waals surface area contributed by atoms with Crippen LogP contribution in [-0.2, 0) is 0 Å². The second-order valence-electron chi connectivity index (χ2n) is 3.18. The molecule has 0 unspecified atom stereocenters. The summed E-state index contributed by atoms with van der Waals surface area (Å²) < 4.78 is 0. The maximum Gasteiger partial charge on any atom is 0.0889 e. The zero-order chi connectivity index (χ0) is 10.7. The summed E-state index contributed by atoms with van der Waals surface area (Å²) in [6, 6.07) is 12.8. The van der Waals surface area contributed by atoms with Gasteiger partial charge in [-0.25, -0.2) is 0 Å². The Kier molecular flexibility index (Phi) is 2.46. The summed E-state index contributed by atoms with van der Waals surface area (Å²) >= 11 is 0. The highest BCUT2D eigenvalue weighted by Gasteiger charge is 2.07. The molecule has 3 nitrogen and oxygen atoms in total. The van der Waals surface area contributed by atoms with E-state index in [1.54, 1.807) is 18.3 Å². The molecule has 3 N–H and O–H groups in total. The van der Waals surface area contributed by atoms with E-state index in [0.29, 0.717) is 17.1 Å². The highest BCUT2D eigenvalue weighted by atomic mass is 14.7. The van der Waals surface area contributed by atoms with Crippen molar-refractivity contribution < 1.29 is 0 Å². The average Bonchev–Trinajstić information content (AvgIpc) is 2.30. The van der Waals surface area contributed by atoms with Crippen molar-refractivity contribution in [1.82, 2.24) is 4.98 Å². The predicted octanol–water partition coefficient (Wildman–Crippen LogP) is 2.08. The van der Waals surface area contributed by atoms with Crippen LogP contribution in [0.1, 0.15) is 11.3 Å². The van der Waals surface area contributed by atoms with Gasteiger partial charge in [-0.1, -0.05) is 24.3 Å². The van der Waals surface area contributed by atoms with E-state index < -0.39 is 0 Å². The fraction of sp³-hybridized carbons (Fsp3) is 0. The molecule has 1 aromatic carbocycles. The van der Waals surface area contributed by atoms with Crippen LogP contribution in [0, 0.1) is 5.41 Å². The van der Waals surface area contributed by atoms with Gasteiger partial charge in [0.25, 0.3) is 0 Å². The number of hydrogen-bond donors (Lipinski definition) is 2. The second-order valence-corrected chi connectivity index (χ2v) is 3.18. The van der Waals surface area contributed by atoms with Gasteiger partial charge in [-0.05, 0) is 18.2 Å². The van der Waals surface area contributed by atoms with Crippen molar-refractivity contribution in [3.63, 3.8) is 0 Å². The van der Waals surface area contributed by atoms with Crippen molar-refractivity contribution in [2.45, 2.75) is 0 Å². The number of hydrogen-bond acceptors (Lipinski definition) is 3. The molecule has 0 amide bonds. The Bertz CT molecular complexity index is 477. The molecule has 1 aromatic heterocycles. The number of rotatable bonds is 2. The lowest BCUT2D eigenvalue weighted by atomic mass is 10.1. The molecule has 0 saturated carbocycles. The van der Waals surface area contributed by atoms with Crippen molar-refractivity contribution >= 4 is 11.4 Å². The third-order valence-electron chi connectivity index (χ3n) is 2.15. The van der Waals surface area contributed by atoms with Gasteiger partial charge in [0.2, 0.25) is 0 Å². The molecule has 0 aliphatic rings. The summed E-state index contributed by atoms with van der Waals surface area (Å²) in [5.41, 5.74) is 8.10. The van der Waals surface area contributed by atoms with Gasteiger partial charge in [0.15, 0.2) is 0 Å². The van der Waals surface area contributed by atoms with Gasteiger partial charge in [-0.15, -0.1) is 0 Å². The van der Waals surface area contributed by atoms with Crippen molar-refractivity contribution in [3.8, 4) is 0 Å². The van der Waals surface area contributed by atoms with Crippen LogP contribution in [-0.4, -0.2) is 10.7 Å². The molecule has 0 atom stereocenters. The number of benzene rings is 1. The van der Waals surface area contributed by atoms with E-state index in [9.17, 15) is 0 Å². The molecule has 0 aliphatic carbocycles. The van der Waals surface area contributed by atoms with Gasteiger partial charge >= 0.3 is 0 Å². The number of anilines is 1. The Morgan fingerprint density at radius 3 is 2.47 bits per heavy atom. The summed E-state index contributed by atoms with van der Waals surface area (Å²) in [6.07, 6.45) is 1.67. The standard InChI is InChI=1S/C12H11N3/c13-10-6-2-1-5-9(10)12(14)11-7-3-4-8-15-11/h1-8,14H,13H2. The first-order valence-electron chi connectivity index (χ1n) is 4.64. The first-order valence-corrected chi connectivity index (χ1v) is 4.64. The fourth-order valence-electron chi connectivity index (χ4n) is 1.37. The Morgan fingerprint density at radius 2 is 1.80 bits per heavy atom. The molecular weight excluding hydrogens is 186 g/mol. The minimum atomic E-state index is 0.355. The van der Waals surface area contributed by atoms with Crippen LogP contribution in [0.2, 0.25) is 0 Å². The summed E-state index contributed by atoms with van der Waals surface area (Å²) in [7, 11) is 0. The van der Waals surface area contributed by atoms with Crippen molar-refractivity contribution in [2.75, 3.05) is 5.73 Å². The largest absolute Gasteiger partial charge is 0.398 e. The third kappa shape index (κ3) is 1.86. The maximum atomic E-state index is 7.97. The lowest BCUT2D eigenvalue weighted by Crippen LogP contribution is -2.06. The monoisotopic (exact) mass is 197 g/mol. The number of aromatic nitrogens is 1. The molecule has 0 spiro atoms. The van der Waals surface area contributed by atoms with Gasteiger partial charge in [0.05, 0.1) is 11.4 Å². The second kappa shape index (κ2) is 3.92. The Balaban J connectivity index is 2.42. The highest BCUT2D eigenvalue weighted by molar-refractivity contribution is 6.12. The molecule has 1 heterocycles. The molecule has 0 bridgehead atoms. The lowest BCUT2D eigenvalue weighted by molar-refractivity contribution is 1.27. The summed E-state index contributed by atoms with van der Waals surface area (Å²) in [5, 5.41) is 7.97. The first-order chi connectivity index (χ1) is 7.29. The van der Waals surface area contributed by atoms with E-state index in [0.717, 1.165) is 5.56 Å². The lowest BCUT2D eigenvalue weighted by Gasteiger charge is -2.05. The normalized spacial score (nSPS) is 9.87. The molecule has 0 aliphatic heterocycles. The number of nitrogens with zero attached hydrogens (tertiary/aromatic N) is 1. The van der Waals surface area contributed by atoms with Gasteiger partial charge in [-0.2, -0.15) is 0 Å². The molecule has 0 saturated heterocycles. The first kappa shape index (κ1) is 9.40. The van der Waals surface area contributed by atoms with Crippen LogP contribution in [0.25, 0.3) is 0 Å². The van der Waals surface area contributed by atoms with E-state index in [-0.39, 0.29) is 0 Å². The van der Waals surface area contributed by atoms with Crippen LogP contribution in [0.15, 0.2) is 48.7 Å². The van der Waals surface area contributed by atoms with Crippen molar-refractivity contribution in [1.29, 1.82) is 5.41 Å². The van der Waals surface area contributed by atoms with Crippen molar-refractivity contribution in [3.05, 3.63) is 59.9 Å². The Labute approximate surface area is 88.1 Å². The minimum absolute atomic E-state index is 0.355. The molecule has 2 aromatic rings. The maximum absolute atomic E-state index is 7.97. The molecule has 74 valence electrons.